The standard InChI is InChI=1S/C48H53F4N13O2/c49-38-17-33(57-40-6-8-43(66)59-47(40)67)18-39(50)46(38)61-15-13-60(14-16-61)34-2-4-35(5-3-34)64-25-32(23-55-64)41-28-65-45(31(20-53)22-56-65)44(58-41)30-1-7-42(54-21-30)62-26-36-19-37(27-62)63(36)24-29-9-11-48(51,52)12-10-29/h1,7,17-18,21-23,25,28-29,34-37,40,57H,2-6,8-16,19,24,26-27H2,(H,59,66,67)/t34-,35+,36?,37?,40?. The smallest absolute Gasteiger partial charge is 0.249 e. The van der Waals surface area contributed by atoms with Crippen molar-refractivity contribution in [2.24, 2.45) is 5.92 Å². The molecule has 5 aliphatic heterocycles. The van der Waals surface area contributed by atoms with E-state index in [0.717, 1.165) is 68.7 Å². The van der Waals surface area contributed by atoms with Gasteiger partial charge in [-0.3, -0.25) is 29.4 Å². The van der Waals surface area contributed by atoms with Crippen LogP contribution in [-0.4, -0.2) is 127 Å². The molecule has 12 rings (SSSR count). The Morgan fingerprint density at radius 2 is 1.55 bits per heavy atom. The predicted molar refractivity (Wildman–Crippen MR) is 241 cm³/mol. The number of fused-ring (bicyclic) bond motifs is 3. The van der Waals surface area contributed by atoms with E-state index in [1.807, 2.05) is 41.6 Å². The Balaban J connectivity index is 0.707. The fraction of sp³-hybridized carbons (Fsp3) is 0.521. The molecule has 2 amide bonds. The topological polar surface area (TPSA) is 156 Å². The molecule has 3 atom stereocenters. The van der Waals surface area contributed by atoms with Crippen LogP contribution in [0.15, 0.2) is 55.2 Å². The lowest BCUT2D eigenvalue weighted by atomic mass is 9.82. The highest BCUT2D eigenvalue weighted by Gasteiger charge is 2.46. The fourth-order valence-corrected chi connectivity index (χ4v) is 11.6. The Labute approximate surface area is 385 Å². The minimum atomic E-state index is -2.50. The van der Waals surface area contributed by atoms with Crippen LogP contribution in [-0.2, 0) is 9.59 Å². The molecule has 7 aliphatic rings. The van der Waals surface area contributed by atoms with E-state index in [2.05, 4.69) is 36.5 Å². The number of nitrogens with zero attached hydrogens (tertiary/aromatic N) is 11. The lowest BCUT2D eigenvalue weighted by molar-refractivity contribution is -0.133. The summed E-state index contributed by atoms with van der Waals surface area (Å²) >= 11 is 0. The van der Waals surface area contributed by atoms with Gasteiger partial charge in [-0.1, -0.05) is 0 Å². The number of aromatic nitrogens is 6. The Kier molecular flexibility index (Phi) is 11.4. The molecule has 3 unspecified atom stereocenters. The van der Waals surface area contributed by atoms with Gasteiger partial charge in [0.25, 0.3) is 0 Å². The van der Waals surface area contributed by atoms with Crippen LogP contribution < -0.4 is 20.4 Å². The molecular weight excluding hydrogens is 867 g/mol. The number of carbonyl (C=O) groups is 2. The number of hydrogen-bond acceptors (Lipinski definition) is 12. The van der Waals surface area contributed by atoms with Crippen LogP contribution >= 0.6 is 0 Å². The third-order valence-corrected chi connectivity index (χ3v) is 15.3. The molecule has 15 nitrogen and oxygen atoms in total. The lowest BCUT2D eigenvalue weighted by Crippen LogP contribution is -2.69. The molecule has 5 saturated heterocycles. The van der Waals surface area contributed by atoms with Gasteiger partial charge >= 0.3 is 0 Å². The van der Waals surface area contributed by atoms with E-state index in [1.165, 1.54) is 12.1 Å². The maximum atomic E-state index is 15.4. The third kappa shape index (κ3) is 8.58. The molecule has 1 aromatic carbocycles. The zero-order chi connectivity index (χ0) is 46.0. The number of carbonyl (C=O) groups excluding carboxylic acids is 2. The van der Waals surface area contributed by atoms with Crippen LogP contribution in [0.5, 0.6) is 0 Å². The predicted octanol–water partition coefficient (Wildman–Crippen LogP) is 6.42. The van der Waals surface area contributed by atoms with Crippen molar-refractivity contribution < 1.29 is 27.2 Å². The molecule has 4 aromatic heterocycles. The van der Waals surface area contributed by atoms with Gasteiger partial charge in [0.15, 0.2) is 11.6 Å². The van der Waals surface area contributed by atoms with E-state index in [1.54, 1.807) is 15.6 Å². The molecule has 7 fully saturated rings. The minimum absolute atomic E-state index is 0.00442. The number of alkyl halides is 2. The first-order valence-corrected chi connectivity index (χ1v) is 23.7. The number of piperazine rings is 2. The monoisotopic (exact) mass is 919 g/mol. The van der Waals surface area contributed by atoms with Gasteiger partial charge in [0.2, 0.25) is 17.7 Å². The second-order valence-corrected chi connectivity index (χ2v) is 19.4. The molecule has 67 heavy (non-hydrogen) atoms. The first-order chi connectivity index (χ1) is 32.4. The van der Waals surface area contributed by atoms with Crippen LogP contribution in [0.4, 0.5) is 34.8 Å². The number of imide groups is 1. The number of rotatable bonds is 10. The summed E-state index contributed by atoms with van der Waals surface area (Å²) in [7, 11) is 0. The summed E-state index contributed by atoms with van der Waals surface area (Å²) in [5, 5.41) is 24.4. The lowest BCUT2D eigenvalue weighted by Gasteiger charge is -2.57. The summed E-state index contributed by atoms with van der Waals surface area (Å²) in [5.41, 5.74) is 3.99. The highest BCUT2D eigenvalue weighted by atomic mass is 19.3. The van der Waals surface area contributed by atoms with Gasteiger partial charge in [0.1, 0.15) is 34.7 Å². The Hall–Kier alpha value is -6.13. The Bertz CT molecular complexity index is 2680. The summed E-state index contributed by atoms with van der Waals surface area (Å²) in [6.45, 7) is 4.93. The molecule has 350 valence electrons. The van der Waals surface area contributed by atoms with E-state index < -0.39 is 29.5 Å². The van der Waals surface area contributed by atoms with Crippen molar-refractivity contribution in [1.29, 1.82) is 5.26 Å². The van der Waals surface area contributed by atoms with Crippen molar-refractivity contribution in [2.75, 3.05) is 60.9 Å². The van der Waals surface area contributed by atoms with Gasteiger partial charge in [0.05, 0.1) is 36.0 Å². The average molecular weight is 920 g/mol. The van der Waals surface area contributed by atoms with E-state index in [9.17, 15) is 23.6 Å². The maximum Gasteiger partial charge on any atom is 0.249 e. The molecule has 0 radical (unpaired) electrons. The maximum absolute atomic E-state index is 15.4. The molecule has 9 heterocycles. The molecular formula is C48H53F4N13O2. The minimum Gasteiger partial charge on any atom is -0.373 e. The quantitative estimate of drug-likeness (QED) is 0.117. The number of piperidine rings is 2. The molecule has 5 aromatic rings. The van der Waals surface area contributed by atoms with Crippen LogP contribution in [0.3, 0.4) is 0 Å². The zero-order valence-electron chi connectivity index (χ0n) is 37.1. The molecule has 2 N–H and O–H groups in total. The third-order valence-electron chi connectivity index (χ3n) is 15.3. The Morgan fingerprint density at radius 3 is 2.24 bits per heavy atom. The highest BCUT2D eigenvalue weighted by Crippen LogP contribution is 2.41. The second-order valence-electron chi connectivity index (χ2n) is 19.4. The van der Waals surface area contributed by atoms with E-state index in [-0.39, 0.29) is 49.0 Å². The molecule has 2 saturated carbocycles. The van der Waals surface area contributed by atoms with Crippen molar-refractivity contribution in [1.82, 2.24) is 44.5 Å². The van der Waals surface area contributed by atoms with Crippen LogP contribution in [0.2, 0.25) is 0 Å². The second kappa shape index (κ2) is 17.5. The van der Waals surface area contributed by atoms with Crippen molar-refractivity contribution in [3.8, 4) is 28.6 Å². The summed E-state index contributed by atoms with van der Waals surface area (Å²) in [4.78, 5) is 42.7. The van der Waals surface area contributed by atoms with Crippen LogP contribution in [0, 0.1) is 28.9 Å². The molecule has 19 heteroatoms. The van der Waals surface area contributed by atoms with Gasteiger partial charge in [-0.2, -0.15) is 15.5 Å². The number of pyridine rings is 1. The average Bonchev–Trinajstić information content (AvgIpc) is 4.00. The van der Waals surface area contributed by atoms with Crippen molar-refractivity contribution >= 4 is 34.5 Å². The number of hydrogen-bond donors (Lipinski definition) is 2. The summed E-state index contributed by atoms with van der Waals surface area (Å²) in [5.74, 6) is -3.53. The number of amides is 2. The number of nitrogens with one attached hydrogen (secondary N) is 2. The summed E-state index contributed by atoms with van der Waals surface area (Å²) in [6.07, 6.45) is 15.6. The van der Waals surface area contributed by atoms with E-state index in [0.29, 0.717) is 85.5 Å². The number of anilines is 3. The normalized spacial score (nSPS) is 26.0. The van der Waals surface area contributed by atoms with Crippen molar-refractivity contribution in [3.63, 3.8) is 0 Å². The largest absolute Gasteiger partial charge is 0.373 e. The van der Waals surface area contributed by atoms with Gasteiger partial charge in [-0.25, -0.2) is 32.0 Å². The zero-order valence-corrected chi connectivity index (χ0v) is 37.1. The van der Waals surface area contributed by atoms with Crippen molar-refractivity contribution in [3.05, 3.63) is 72.4 Å². The fourth-order valence-electron chi connectivity index (χ4n) is 11.6. The molecule has 2 bridgehead atoms. The first-order valence-electron chi connectivity index (χ1n) is 23.7. The van der Waals surface area contributed by atoms with Crippen molar-refractivity contribution in [2.45, 2.75) is 107 Å². The van der Waals surface area contributed by atoms with Gasteiger partial charge in [0, 0.05) is 112 Å². The summed E-state index contributed by atoms with van der Waals surface area (Å²) < 4.78 is 62.0. The number of nitriles is 1. The number of halogens is 4. The van der Waals surface area contributed by atoms with Gasteiger partial charge < -0.3 is 15.1 Å². The van der Waals surface area contributed by atoms with E-state index >= 15 is 8.78 Å². The summed E-state index contributed by atoms with van der Waals surface area (Å²) in [6, 6.07) is 9.34. The van der Waals surface area contributed by atoms with E-state index in [4.69, 9.17) is 15.1 Å². The molecule has 0 spiro atoms. The first kappa shape index (κ1) is 43.4. The number of benzene rings is 1. The van der Waals surface area contributed by atoms with Gasteiger partial charge in [-0.05, 0) is 81.5 Å². The highest BCUT2D eigenvalue weighted by molar-refractivity contribution is 6.01. The molecule has 2 aliphatic carbocycles. The van der Waals surface area contributed by atoms with Crippen LogP contribution in [0.1, 0.15) is 82.2 Å². The van der Waals surface area contributed by atoms with Gasteiger partial charge in [-0.15, -0.1) is 0 Å². The van der Waals surface area contributed by atoms with Crippen LogP contribution in [0.25, 0.3) is 28.0 Å². The SMILES string of the molecule is N#Cc1cnn2cc(-c3cnn([C@H]4CC[C@@H](N5CCN(c6c(F)cc(NC7CCC(=O)NC7=O)cc6F)CC5)CC4)c3)nc(-c3ccc(N4CC5CC(C4)N5CC4CCC(F)(F)CC4)nc3)c12. The Morgan fingerprint density at radius 1 is 0.821 bits per heavy atom.